The highest BCUT2D eigenvalue weighted by molar-refractivity contribution is 5.98. The standard InChI is InChI=1S/C25H30N2O6/c1-4-27(17-24(28)26-19-9-11-21-23(16-19)33-14-13-32-21)25(29)12-8-18-7-10-20(30-5-2)22(15-18)31-6-3/h7-12,15-16H,4-6,13-14,17H2,1-3H3,(H,26,28). The Morgan fingerprint density at radius 1 is 0.970 bits per heavy atom. The number of hydrogen-bond acceptors (Lipinski definition) is 6. The second kappa shape index (κ2) is 11.8. The molecule has 1 heterocycles. The summed E-state index contributed by atoms with van der Waals surface area (Å²) < 4.78 is 22.2. The highest BCUT2D eigenvalue weighted by Crippen LogP contribution is 2.32. The first-order valence-electron chi connectivity index (χ1n) is 11.1. The molecule has 2 aromatic rings. The van der Waals surface area contributed by atoms with E-state index in [1.54, 1.807) is 24.3 Å². The van der Waals surface area contributed by atoms with Gasteiger partial charge in [0, 0.05) is 24.4 Å². The van der Waals surface area contributed by atoms with Gasteiger partial charge >= 0.3 is 0 Å². The molecule has 0 fully saturated rings. The van der Waals surface area contributed by atoms with Crippen LogP contribution in [-0.4, -0.2) is 56.2 Å². The topological polar surface area (TPSA) is 86.3 Å². The Hall–Kier alpha value is -3.68. The highest BCUT2D eigenvalue weighted by Gasteiger charge is 2.16. The zero-order valence-corrected chi connectivity index (χ0v) is 19.3. The lowest BCUT2D eigenvalue weighted by molar-refractivity contribution is -0.130. The normalized spacial score (nSPS) is 12.3. The minimum Gasteiger partial charge on any atom is -0.490 e. The van der Waals surface area contributed by atoms with E-state index in [1.165, 1.54) is 11.0 Å². The van der Waals surface area contributed by atoms with Gasteiger partial charge in [-0.1, -0.05) is 6.07 Å². The molecule has 2 amide bonds. The van der Waals surface area contributed by atoms with Crippen molar-refractivity contribution in [3.63, 3.8) is 0 Å². The maximum Gasteiger partial charge on any atom is 0.247 e. The Labute approximate surface area is 194 Å². The molecule has 0 aromatic heterocycles. The van der Waals surface area contributed by atoms with E-state index in [0.717, 1.165) is 5.56 Å². The average molecular weight is 455 g/mol. The Kier molecular flexibility index (Phi) is 8.57. The first kappa shape index (κ1) is 24.0. The van der Waals surface area contributed by atoms with Crippen molar-refractivity contribution in [2.45, 2.75) is 20.8 Å². The molecule has 1 aliphatic rings. The number of nitrogens with zero attached hydrogens (tertiary/aromatic N) is 1. The fraction of sp³-hybridized carbons (Fsp3) is 0.360. The van der Waals surface area contributed by atoms with Crippen molar-refractivity contribution in [1.29, 1.82) is 0 Å². The smallest absolute Gasteiger partial charge is 0.247 e. The van der Waals surface area contributed by atoms with Crippen LogP contribution >= 0.6 is 0 Å². The highest BCUT2D eigenvalue weighted by atomic mass is 16.6. The van der Waals surface area contributed by atoms with Gasteiger partial charge in [0.25, 0.3) is 0 Å². The number of hydrogen-bond donors (Lipinski definition) is 1. The van der Waals surface area contributed by atoms with E-state index < -0.39 is 0 Å². The van der Waals surface area contributed by atoms with Crippen LogP contribution in [0.1, 0.15) is 26.3 Å². The Morgan fingerprint density at radius 2 is 1.70 bits per heavy atom. The molecule has 0 spiro atoms. The van der Waals surface area contributed by atoms with E-state index in [9.17, 15) is 9.59 Å². The van der Waals surface area contributed by atoms with Gasteiger partial charge in [-0.05, 0) is 56.7 Å². The molecule has 0 bridgehead atoms. The molecule has 8 heteroatoms. The maximum absolute atomic E-state index is 12.7. The van der Waals surface area contributed by atoms with E-state index in [-0.39, 0.29) is 18.4 Å². The number of amides is 2. The van der Waals surface area contributed by atoms with Gasteiger partial charge in [-0.15, -0.1) is 0 Å². The summed E-state index contributed by atoms with van der Waals surface area (Å²) >= 11 is 0. The number of fused-ring (bicyclic) bond motifs is 1. The third kappa shape index (κ3) is 6.65. The van der Waals surface area contributed by atoms with Crippen molar-refractivity contribution in [2.75, 3.05) is 44.8 Å². The van der Waals surface area contributed by atoms with Crippen LogP contribution in [-0.2, 0) is 9.59 Å². The molecule has 176 valence electrons. The molecule has 8 nitrogen and oxygen atoms in total. The van der Waals surface area contributed by atoms with Gasteiger partial charge in [0.15, 0.2) is 23.0 Å². The number of benzene rings is 2. The second-order valence-corrected chi connectivity index (χ2v) is 7.16. The molecular weight excluding hydrogens is 424 g/mol. The number of likely N-dealkylation sites (N-methyl/N-ethyl adjacent to an activating group) is 1. The van der Waals surface area contributed by atoms with Crippen LogP contribution in [0.3, 0.4) is 0 Å². The van der Waals surface area contributed by atoms with Gasteiger partial charge < -0.3 is 29.2 Å². The van der Waals surface area contributed by atoms with E-state index >= 15 is 0 Å². The van der Waals surface area contributed by atoms with Crippen LogP contribution < -0.4 is 24.3 Å². The zero-order valence-electron chi connectivity index (χ0n) is 19.3. The number of ether oxygens (including phenoxy) is 4. The van der Waals surface area contributed by atoms with Gasteiger partial charge in [-0.2, -0.15) is 0 Å². The lowest BCUT2D eigenvalue weighted by atomic mass is 10.2. The number of nitrogens with one attached hydrogen (secondary N) is 1. The molecule has 1 N–H and O–H groups in total. The van der Waals surface area contributed by atoms with Crippen molar-refractivity contribution < 1.29 is 28.5 Å². The molecule has 3 rings (SSSR count). The van der Waals surface area contributed by atoms with Gasteiger partial charge in [-0.3, -0.25) is 9.59 Å². The summed E-state index contributed by atoms with van der Waals surface area (Å²) in [5.41, 5.74) is 1.38. The predicted octanol–water partition coefficient (Wildman–Crippen LogP) is 3.76. The summed E-state index contributed by atoms with van der Waals surface area (Å²) in [5, 5.41) is 2.80. The number of carbonyl (C=O) groups excluding carboxylic acids is 2. The monoisotopic (exact) mass is 454 g/mol. The van der Waals surface area contributed by atoms with Crippen LogP contribution in [0, 0.1) is 0 Å². The van der Waals surface area contributed by atoms with Crippen molar-refractivity contribution in [2.24, 2.45) is 0 Å². The fourth-order valence-corrected chi connectivity index (χ4v) is 3.28. The quantitative estimate of drug-likeness (QED) is 0.550. The van der Waals surface area contributed by atoms with Crippen LogP contribution in [0.5, 0.6) is 23.0 Å². The Balaban J connectivity index is 1.60. The summed E-state index contributed by atoms with van der Waals surface area (Å²) in [6.07, 6.45) is 3.15. The summed E-state index contributed by atoms with van der Waals surface area (Å²) in [4.78, 5) is 26.6. The molecule has 0 atom stereocenters. The summed E-state index contributed by atoms with van der Waals surface area (Å²) in [5.74, 6) is 1.97. The number of rotatable bonds is 10. The molecule has 0 aliphatic carbocycles. The van der Waals surface area contributed by atoms with Gasteiger partial charge in [0.05, 0.1) is 13.2 Å². The Bertz CT molecular complexity index is 1000. The van der Waals surface area contributed by atoms with E-state index in [2.05, 4.69) is 5.32 Å². The lowest BCUT2D eigenvalue weighted by Crippen LogP contribution is -2.36. The van der Waals surface area contributed by atoms with Gasteiger partial charge in [0.2, 0.25) is 11.8 Å². The maximum atomic E-state index is 12.7. The van der Waals surface area contributed by atoms with Crippen molar-refractivity contribution in [3.05, 3.63) is 48.0 Å². The minimum absolute atomic E-state index is 0.0679. The number of carbonyl (C=O) groups is 2. The summed E-state index contributed by atoms with van der Waals surface area (Å²) in [6.45, 7) is 7.98. The first-order chi connectivity index (χ1) is 16.0. The molecule has 1 aliphatic heterocycles. The molecule has 0 radical (unpaired) electrons. The van der Waals surface area contributed by atoms with Crippen LogP contribution in [0.4, 0.5) is 5.69 Å². The zero-order chi connectivity index (χ0) is 23.6. The fourth-order valence-electron chi connectivity index (χ4n) is 3.28. The third-order valence-electron chi connectivity index (χ3n) is 4.84. The SMILES string of the molecule is CCOc1ccc(C=CC(=O)N(CC)CC(=O)Nc2ccc3c(c2)OCCO3)cc1OCC. The van der Waals surface area contributed by atoms with Gasteiger partial charge in [0.1, 0.15) is 19.8 Å². The minimum atomic E-state index is -0.296. The Morgan fingerprint density at radius 3 is 2.42 bits per heavy atom. The third-order valence-corrected chi connectivity index (χ3v) is 4.84. The van der Waals surface area contributed by atoms with Crippen molar-refractivity contribution in [1.82, 2.24) is 4.90 Å². The van der Waals surface area contributed by atoms with Crippen molar-refractivity contribution in [3.8, 4) is 23.0 Å². The van der Waals surface area contributed by atoms with Crippen molar-refractivity contribution >= 4 is 23.6 Å². The van der Waals surface area contributed by atoms with E-state index in [0.29, 0.717) is 61.7 Å². The predicted molar refractivity (Wildman–Crippen MR) is 126 cm³/mol. The molecule has 0 unspecified atom stereocenters. The summed E-state index contributed by atoms with van der Waals surface area (Å²) in [6, 6.07) is 10.7. The van der Waals surface area contributed by atoms with E-state index in [4.69, 9.17) is 18.9 Å². The second-order valence-electron chi connectivity index (χ2n) is 7.16. The number of anilines is 1. The van der Waals surface area contributed by atoms with Crippen LogP contribution in [0.2, 0.25) is 0 Å². The van der Waals surface area contributed by atoms with E-state index in [1.807, 2.05) is 39.0 Å². The molecule has 0 saturated heterocycles. The molecular formula is C25H30N2O6. The lowest BCUT2D eigenvalue weighted by Gasteiger charge is -2.20. The molecule has 2 aromatic carbocycles. The first-order valence-corrected chi connectivity index (χ1v) is 11.1. The summed E-state index contributed by atoms with van der Waals surface area (Å²) in [7, 11) is 0. The largest absolute Gasteiger partial charge is 0.490 e. The van der Waals surface area contributed by atoms with Gasteiger partial charge in [-0.25, -0.2) is 0 Å². The molecule has 0 saturated carbocycles. The molecule has 33 heavy (non-hydrogen) atoms. The van der Waals surface area contributed by atoms with Crippen LogP contribution in [0.15, 0.2) is 42.5 Å². The average Bonchev–Trinajstić information content (AvgIpc) is 2.82. The van der Waals surface area contributed by atoms with Crippen LogP contribution in [0.25, 0.3) is 6.08 Å².